The minimum Gasteiger partial charge on any atom is -0.467 e. The zero-order valence-corrected chi connectivity index (χ0v) is 8.18. The number of hydroxylamine groups is 2. The van der Waals surface area contributed by atoms with Gasteiger partial charge in [0.15, 0.2) is 6.23 Å². The molecule has 0 aromatic heterocycles. The standard InChI is InChI=1S/C11H11NO3/c13-11-8-4-1-2-5-9(8)15-10-6-3-7-14-12(10)11/h1-2,4-5,10H,3,6-7H2. The van der Waals surface area contributed by atoms with E-state index in [1.54, 1.807) is 6.07 Å². The number of para-hydroxylation sites is 1. The summed E-state index contributed by atoms with van der Waals surface area (Å²) in [6.45, 7) is 0.591. The number of fused-ring (bicyclic) bond motifs is 2. The Balaban J connectivity index is 2.02. The van der Waals surface area contributed by atoms with E-state index in [0.717, 1.165) is 12.8 Å². The number of hydrogen-bond acceptors (Lipinski definition) is 3. The highest BCUT2D eigenvalue weighted by Gasteiger charge is 2.36. The van der Waals surface area contributed by atoms with Gasteiger partial charge in [-0.05, 0) is 18.6 Å². The number of carbonyl (C=O) groups is 1. The third-order valence-electron chi connectivity index (χ3n) is 2.67. The van der Waals surface area contributed by atoms with Crippen LogP contribution in [0.5, 0.6) is 5.75 Å². The highest BCUT2D eigenvalue weighted by atomic mass is 16.7. The molecule has 1 atom stereocenters. The van der Waals surface area contributed by atoms with Gasteiger partial charge in [-0.15, -0.1) is 0 Å². The zero-order chi connectivity index (χ0) is 10.3. The van der Waals surface area contributed by atoms with Crippen LogP contribution in [0.2, 0.25) is 0 Å². The van der Waals surface area contributed by atoms with Crippen LogP contribution in [-0.2, 0) is 4.84 Å². The van der Waals surface area contributed by atoms with E-state index >= 15 is 0 Å². The number of benzene rings is 1. The Morgan fingerprint density at radius 1 is 1.33 bits per heavy atom. The first-order valence-corrected chi connectivity index (χ1v) is 5.08. The van der Waals surface area contributed by atoms with Gasteiger partial charge in [0, 0.05) is 6.42 Å². The fraction of sp³-hybridized carbons (Fsp3) is 0.364. The first-order valence-electron chi connectivity index (χ1n) is 5.08. The second kappa shape index (κ2) is 3.24. The molecule has 0 bridgehead atoms. The molecule has 0 radical (unpaired) electrons. The van der Waals surface area contributed by atoms with Crippen molar-refractivity contribution in [1.82, 2.24) is 5.06 Å². The molecule has 2 heterocycles. The second-order valence-corrected chi connectivity index (χ2v) is 3.68. The number of ether oxygens (including phenoxy) is 1. The number of amides is 1. The van der Waals surface area contributed by atoms with Crippen LogP contribution in [0, 0.1) is 0 Å². The Kier molecular flexibility index (Phi) is 1.89. The van der Waals surface area contributed by atoms with Crippen LogP contribution in [0.25, 0.3) is 0 Å². The summed E-state index contributed by atoms with van der Waals surface area (Å²) >= 11 is 0. The molecule has 0 aliphatic carbocycles. The third kappa shape index (κ3) is 1.29. The number of carbonyl (C=O) groups excluding carboxylic acids is 1. The van der Waals surface area contributed by atoms with Crippen LogP contribution >= 0.6 is 0 Å². The van der Waals surface area contributed by atoms with Gasteiger partial charge in [-0.2, -0.15) is 5.06 Å². The summed E-state index contributed by atoms with van der Waals surface area (Å²) in [6, 6.07) is 7.26. The molecule has 1 aromatic carbocycles. The maximum Gasteiger partial charge on any atom is 0.284 e. The molecule has 1 saturated heterocycles. The third-order valence-corrected chi connectivity index (χ3v) is 2.67. The molecular formula is C11H11NO3. The van der Waals surface area contributed by atoms with Gasteiger partial charge in [0.05, 0.1) is 12.2 Å². The van der Waals surface area contributed by atoms with Crippen LogP contribution in [0.4, 0.5) is 0 Å². The number of rotatable bonds is 0. The summed E-state index contributed by atoms with van der Waals surface area (Å²) in [5.74, 6) is 0.566. The molecule has 1 aromatic rings. The molecule has 0 saturated carbocycles. The predicted octanol–water partition coefficient (Wildman–Crippen LogP) is 1.57. The van der Waals surface area contributed by atoms with Crippen molar-refractivity contribution >= 4 is 5.91 Å². The number of hydrogen-bond donors (Lipinski definition) is 0. The molecule has 1 amide bonds. The molecule has 4 heteroatoms. The van der Waals surface area contributed by atoms with E-state index in [-0.39, 0.29) is 12.1 Å². The van der Waals surface area contributed by atoms with Crippen molar-refractivity contribution in [2.24, 2.45) is 0 Å². The van der Waals surface area contributed by atoms with Crippen molar-refractivity contribution in [2.45, 2.75) is 19.1 Å². The average molecular weight is 205 g/mol. The van der Waals surface area contributed by atoms with Crippen LogP contribution in [-0.4, -0.2) is 23.8 Å². The van der Waals surface area contributed by atoms with Crippen LogP contribution < -0.4 is 4.74 Å². The molecule has 1 fully saturated rings. The van der Waals surface area contributed by atoms with Gasteiger partial charge >= 0.3 is 0 Å². The van der Waals surface area contributed by atoms with E-state index in [9.17, 15) is 4.79 Å². The van der Waals surface area contributed by atoms with Gasteiger partial charge in [-0.1, -0.05) is 12.1 Å². The lowest BCUT2D eigenvalue weighted by molar-refractivity contribution is -0.224. The van der Waals surface area contributed by atoms with E-state index in [0.29, 0.717) is 17.9 Å². The molecule has 3 rings (SSSR count). The molecule has 2 aliphatic rings. The maximum absolute atomic E-state index is 12.0. The summed E-state index contributed by atoms with van der Waals surface area (Å²) in [7, 11) is 0. The van der Waals surface area contributed by atoms with Gasteiger partial charge in [-0.3, -0.25) is 9.63 Å². The fourth-order valence-corrected chi connectivity index (χ4v) is 1.93. The summed E-state index contributed by atoms with van der Waals surface area (Å²) in [5, 5.41) is 1.35. The highest BCUT2D eigenvalue weighted by molar-refractivity contribution is 5.97. The van der Waals surface area contributed by atoms with E-state index < -0.39 is 0 Å². The lowest BCUT2D eigenvalue weighted by Crippen LogP contribution is -2.49. The van der Waals surface area contributed by atoms with Gasteiger partial charge in [0.1, 0.15) is 5.75 Å². The SMILES string of the molecule is O=C1c2ccccc2OC2CCCON12. The lowest BCUT2D eigenvalue weighted by atomic mass is 10.1. The Hall–Kier alpha value is -1.55. The summed E-state index contributed by atoms with van der Waals surface area (Å²) in [6.07, 6.45) is 1.51. The Morgan fingerprint density at radius 2 is 2.20 bits per heavy atom. The predicted molar refractivity (Wildman–Crippen MR) is 52.2 cm³/mol. The van der Waals surface area contributed by atoms with Crippen LogP contribution in [0.15, 0.2) is 24.3 Å². The zero-order valence-electron chi connectivity index (χ0n) is 8.18. The van der Waals surface area contributed by atoms with Crippen molar-refractivity contribution in [3.63, 3.8) is 0 Å². The lowest BCUT2D eigenvalue weighted by Gasteiger charge is -2.38. The Morgan fingerprint density at radius 3 is 3.13 bits per heavy atom. The topological polar surface area (TPSA) is 38.8 Å². The maximum atomic E-state index is 12.0. The summed E-state index contributed by atoms with van der Waals surface area (Å²) in [5.41, 5.74) is 0.579. The molecular weight excluding hydrogens is 194 g/mol. The first kappa shape index (κ1) is 8.73. The van der Waals surface area contributed by atoms with Gasteiger partial charge in [0.25, 0.3) is 5.91 Å². The molecule has 78 valence electrons. The summed E-state index contributed by atoms with van der Waals surface area (Å²) in [4.78, 5) is 17.3. The second-order valence-electron chi connectivity index (χ2n) is 3.68. The quantitative estimate of drug-likeness (QED) is 0.645. The molecule has 4 nitrogen and oxygen atoms in total. The molecule has 15 heavy (non-hydrogen) atoms. The fourth-order valence-electron chi connectivity index (χ4n) is 1.93. The van der Waals surface area contributed by atoms with E-state index in [2.05, 4.69) is 0 Å². The Labute approximate surface area is 87.3 Å². The molecule has 0 N–H and O–H groups in total. The monoisotopic (exact) mass is 205 g/mol. The van der Waals surface area contributed by atoms with Crippen molar-refractivity contribution in [2.75, 3.05) is 6.61 Å². The largest absolute Gasteiger partial charge is 0.467 e. The normalized spacial score (nSPS) is 24.1. The average Bonchev–Trinajstić information content (AvgIpc) is 2.30. The summed E-state index contributed by atoms with van der Waals surface area (Å²) < 4.78 is 5.69. The van der Waals surface area contributed by atoms with Crippen molar-refractivity contribution in [3.8, 4) is 5.75 Å². The highest BCUT2D eigenvalue weighted by Crippen LogP contribution is 2.31. The minimum atomic E-state index is -0.249. The Bertz CT molecular complexity index is 405. The minimum absolute atomic E-state index is 0.0958. The smallest absolute Gasteiger partial charge is 0.284 e. The van der Waals surface area contributed by atoms with Gasteiger partial charge in [-0.25, -0.2) is 0 Å². The van der Waals surface area contributed by atoms with E-state index in [1.807, 2.05) is 18.2 Å². The first-order chi connectivity index (χ1) is 7.36. The number of nitrogens with zero attached hydrogens (tertiary/aromatic N) is 1. The van der Waals surface area contributed by atoms with E-state index in [1.165, 1.54) is 5.06 Å². The van der Waals surface area contributed by atoms with Gasteiger partial charge < -0.3 is 4.74 Å². The molecule has 1 unspecified atom stereocenters. The van der Waals surface area contributed by atoms with Crippen molar-refractivity contribution < 1.29 is 14.4 Å². The van der Waals surface area contributed by atoms with Crippen LogP contribution in [0.3, 0.4) is 0 Å². The van der Waals surface area contributed by atoms with Crippen molar-refractivity contribution in [3.05, 3.63) is 29.8 Å². The van der Waals surface area contributed by atoms with E-state index in [4.69, 9.17) is 9.57 Å². The van der Waals surface area contributed by atoms with Gasteiger partial charge in [0.2, 0.25) is 0 Å². The molecule has 2 aliphatic heterocycles. The van der Waals surface area contributed by atoms with Crippen LogP contribution in [0.1, 0.15) is 23.2 Å². The molecule has 0 spiro atoms. The van der Waals surface area contributed by atoms with Crippen molar-refractivity contribution in [1.29, 1.82) is 0 Å².